The highest BCUT2D eigenvalue weighted by Gasteiger charge is 2.07. The largest absolute Gasteiger partial charge is 0.388 e. The molecule has 1 unspecified atom stereocenters. The van der Waals surface area contributed by atoms with Gasteiger partial charge in [-0.15, -0.1) is 0 Å². The molecule has 0 radical (unpaired) electrons. The van der Waals surface area contributed by atoms with Crippen LogP contribution in [0.2, 0.25) is 0 Å². The van der Waals surface area contributed by atoms with Crippen LogP contribution in [0.25, 0.3) is 0 Å². The van der Waals surface area contributed by atoms with E-state index < -0.39 is 6.10 Å². The van der Waals surface area contributed by atoms with Gasteiger partial charge in [-0.25, -0.2) is 4.68 Å². The molecule has 94 valence electrons. The topological polar surface area (TPSA) is 55.1 Å². The summed E-state index contributed by atoms with van der Waals surface area (Å²) in [6.45, 7) is 2.24. The van der Waals surface area contributed by atoms with Gasteiger partial charge in [0.25, 0.3) is 5.56 Å². The van der Waals surface area contributed by atoms with Crippen LogP contribution in [0.15, 0.2) is 47.4 Å². The number of benzene rings is 1. The highest BCUT2D eigenvalue weighted by Crippen LogP contribution is 2.15. The summed E-state index contributed by atoms with van der Waals surface area (Å²) in [5.74, 6) is 0. The Kier molecular flexibility index (Phi) is 3.89. The number of hydrogen-bond acceptors (Lipinski definition) is 3. The van der Waals surface area contributed by atoms with E-state index in [4.69, 9.17) is 0 Å². The van der Waals surface area contributed by atoms with Crippen LogP contribution in [0.5, 0.6) is 0 Å². The lowest BCUT2D eigenvalue weighted by molar-refractivity contribution is 0.158. The maximum absolute atomic E-state index is 11.6. The minimum Gasteiger partial charge on any atom is -0.388 e. The monoisotopic (exact) mass is 244 g/mol. The van der Waals surface area contributed by atoms with E-state index in [2.05, 4.69) is 5.10 Å². The molecule has 0 aliphatic rings. The summed E-state index contributed by atoms with van der Waals surface area (Å²) in [7, 11) is 0. The van der Waals surface area contributed by atoms with E-state index in [1.807, 2.05) is 37.3 Å². The SMILES string of the molecule is Cc1cnn(CCC(O)c2ccccc2)c(=O)c1. The Balaban J connectivity index is 2.02. The zero-order valence-electron chi connectivity index (χ0n) is 10.3. The van der Waals surface area contributed by atoms with Gasteiger partial charge in [-0.3, -0.25) is 4.79 Å². The summed E-state index contributed by atoms with van der Waals surface area (Å²) in [6, 6.07) is 11.0. The van der Waals surface area contributed by atoms with Gasteiger partial charge in [-0.1, -0.05) is 30.3 Å². The first-order chi connectivity index (χ1) is 8.66. The van der Waals surface area contributed by atoms with Crippen molar-refractivity contribution >= 4 is 0 Å². The van der Waals surface area contributed by atoms with Crippen molar-refractivity contribution in [3.05, 3.63) is 64.1 Å². The van der Waals surface area contributed by atoms with Crippen molar-refractivity contribution in [3.63, 3.8) is 0 Å². The molecule has 1 N–H and O–H groups in total. The molecule has 1 aromatic carbocycles. The minimum atomic E-state index is -0.568. The maximum Gasteiger partial charge on any atom is 0.266 e. The molecule has 0 saturated carbocycles. The summed E-state index contributed by atoms with van der Waals surface area (Å²) in [5.41, 5.74) is 1.58. The minimum absolute atomic E-state index is 0.129. The quantitative estimate of drug-likeness (QED) is 0.890. The van der Waals surface area contributed by atoms with Gasteiger partial charge in [0, 0.05) is 12.6 Å². The van der Waals surface area contributed by atoms with Crippen molar-refractivity contribution < 1.29 is 5.11 Å². The Morgan fingerprint density at radius 1 is 1.33 bits per heavy atom. The number of aryl methyl sites for hydroxylation is 2. The lowest BCUT2D eigenvalue weighted by Gasteiger charge is -2.11. The second-order valence-electron chi connectivity index (χ2n) is 4.31. The first-order valence-corrected chi connectivity index (χ1v) is 5.93. The molecule has 0 aliphatic heterocycles. The third kappa shape index (κ3) is 3.05. The fourth-order valence-electron chi connectivity index (χ4n) is 1.78. The highest BCUT2D eigenvalue weighted by molar-refractivity contribution is 5.17. The van der Waals surface area contributed by atoms with E-state index in [1.54, 1.807) is 12.3 Å². The molecule has 4 heteroatoms. The molecule has 1 aromatic heterocycles. The standard InChI is InChI=1S/C14H16N2O2/c1-11-9-14(18)16(15-10-11)8-7-13(17)12-5-3-2-4-6-12/h2-6,9-10,13,17H,7-8H2,1H3. The summed E-state index contributed by atoms with van der Waals surface area (Å²) in [6.07, 6.45) is 1.55. The molecule has 0 amide bonds. The Labute approximate surface area is 106 Å². The number of rotatable bonds is 4. The lowest BCUT2D eigenvalue weighted by Crippen LogP contribution is -2.23. The fourth-order valence-corrected chi connectivity index (χ4v) is 1.78. The Morgan fingerprint density at radius 3 is 2.72 bits per heavy atom. The van der Waals surface area contributed by atoms with Crippen molar-refractivity contribution in [3.8, 4) is 0 Å². The van der Waals surface area contributed by atoms with Gasteiger partial charge in [-0.2, -0.15) is 5.10 Å². The summed E-state index contributed by atoms with van der Waals surface area (Å²) >= 11 is 0. The average molecular weight is 244 g/mol. The molecular formula is C14H16N2O2. The van der Waals surface area contributed by atoms with Crippen LogP contribution in [0.1, 0.15) is 23.7 Å². The first kappa shape index (κ1) is 12.5. The predicted octanol–water partition coefficient (Wildman–Crippen LogP) is 1.68. The zero-order valence-corrected chi connectivity index (χ0v) is 10.3. The van der Waals surface area contributed by atoms with Crippen molar-refractivity contribution in [1.82, 2.24) is 9.78 Å². The number of nitrogens with zero attached hydrogens (tertiary/aromatic N) is 2. The number of aliphatic hydroxyl groups excluding tert-OH is 1. The number of aliphatic hydroxyl groups is 1. The van der Waals surface area contributed by atoms with Gasteiger partial charge in [0.2, 0.25) is 0 Å². The van der Waals surface area contributed by atoms with Crippen molar-refractivity contribution in [2.24, 2.45) is 0 Å². The van der Waals surface area contributed by atoms with Crippen molar-refractivity contribution in [2.75, 3.05) is 0 Å². The maximum atomic E-state index is 11.6. The Morgan fingerprint density at radius 2 is 2.06 bits per heavy atom. The van der Waals surface area contributed by atoms with Gasteiger partial charge in [0.15, 0.2) is 0 Å². The lowest BCUT2D eigenvalue weighted by atomic mass is 10.1. The molecule has 4 nitrogen and oxygen atoms in total. The summed E-state index contributed by atoms with van der Waals surface area (Å²) < 4.78 is 1.37. The Hall–Kier alpha value is -1.94. The van der Waals surface area contributed by atoms with Crippen LogP contribution in [0.4, 0.5) is 0 Å². The van der Waals surface area contributed by atoms with Crippen LogP contribution >= 0.6 is 0 Å². The molecule has 1 atom stereocenters. The van der Waals surface area contributed by atoms with Crippen molar-refractivity contribution in [2.45, 2.75) is 26.0 Å². The van der Waals surface area contributed by atoms with Gasteiger partial charge in [-0.05, 0) is 24.5 Å². The van der Waals surface area contributed by atoms with E-state index in [-0.39, 0.29) is 5.56 Å². The highest BCUT2D eigenvalue weighted by atomic mass is 16.3. The molecular weight excluding hydrogens is 228 g/mol. The van der Waals surface area contributed by atoms with Crippen LogP contribution in [-0.2, 0) is 6.54 Å². The van der Waals surface area contributed by atoms with Crippen molar-refractivity contribution in [1.29, 1.82) is 0 Å². The van der Waals surface area contributed by atoms with Gasteiger partial charge in [0.1, 0.15) is 0 Å². The van der Waals surface area contributed by atoms with E-state index in [9.17, 15) is 9.90 Å². The van der Waals surface area contributed by atoms with Crippen LogP contribution in [0.3, 0.4) is 0 Å². The van der Waals surface area contributed by atoms with Crippen LogP contribution in [-0.4, -0.2) is 14.9 Å². The smallest absolute Gasteiger partial charge is 0.266 e. The summed E-state index contributed by atoms with van der Waals surface area (Å²) in [4.78, 5) is 11.6. The molecule has 0 aliphatic carbocycles. The average Bonchev–Trinajstić information content (AvgIpc) is 2.38. The van der Waals surface area contributed by atoms with Gasteiger partial charge in [0.05, 0.1) is 12.3 Å². The van der Waals surface area contributed by atoms with E-state index in [0.29, 0.717) is 13.0 Å². The zero-order chi connectivity index (χ0) is 13.0. The van der Waals surface area contributed by atoms with Gasteiger partial charge >= 0.3 is 0 Å². The molecule has 0 fully saturated rings. The number of aromatic nitrogens is 2. The fraction of sp³-hybridized carbons (Fsp3) is 0.286. The molecule has 1 heterocycles. The molecule has 0 bridgehead atoms. The normalized spacial score (nSPS) is 12.3. The van der Waals surface area contributed by atoms with E-state index in [0.717, 1.165) is 11.1 Å². The van der Waals surface area contributed by atoms with Crippen LogP contribution in [0, 0.1) is 6.92 Å². The molecule has 18 heavy (non-hydrogen) atoms. The number of hydrogen-bond donors (Lipinski definition) is 1. The Bertz CT molecular complexity index is 564. The predicted molar refractivity (Wildman–Crippen MR) is 69.3 cm³/mol. The van der Waals surface area contributed by atoms with Crippen LogP contribution < -0.4 is 5.56 Å². The molecule has 0 spiro atoms. The van der Waals surface area contributed by atoms with Gasteiger partial charge < -0.3 is 5.11 Å². The second-order valence-corrected chi connectivity index (χ2v) is 4.31. The van der Waals surface area contributed by atoms with E-state index >= 15 is 0 Å². The third-order valence-electron chi connectivity index (χ3n) is 2.80. The third-order valence-corrected chi connectivity index (χ3v) is 2.80. The first-order valence-electron chi connectivity index (χ1n) is 5.93. The molecule has 2 aromatic rings. The summed E-state index contributed by atoms with van der Waals surface area (Å²) in [5, 5.41) is 14.0. The van der Waals surface area contributed by atoms with E-state index in [1.165, 1.54) is 4.68 Å². The molecule has 0 saturated heterocycles. The molecule has 2 rings (SSSR count). The second kappa shape index (κ2) is 5.60.